The van der Waals surface area contributed by atoms with Crippen molar-refractivity contribution in [2.75, 3.05) is 13.2 Å². The standard InChI is InChI=1S/C19H19FO3/c1-14(21)13-19(22-9-10-23-19)17-7-8-18(20)16(12-17)11-15-5-3-2-4-6-15/h2-8,12H,9-11,13H2,1H3. The van der Waals surface area contributed by atoms with Crippen LogP contribution < -0.4 is 0 Å². The number of hydrogen-bond acceptors (Lipinski definition) is 3. The van der Waals surface area contributed by atoms with Crippen LogP contribution in [0.4, 0.5) is 4.39 Å². The molecule has 2 aromatic carbocycles. The Kier molecular flexibility index (Phi) is 4.55. The van der Waals surface area contributed by atoms with Crippen LogP contribution in [0.25, 0.3) is 0 Å². The molecule has 0 radical (unpaired) electrons. The van der Waals surface area contributed by atoms with Gasteiger partial charge in [0, 0.05) is 12.0 Å². The van der Waals surface area contributed by atoms with Gasteiger partial charge in [-0.15, -0.1) is 0 Å². The van der Waals surface area contributed by atoms with Crippen molar-refractivity contribution in [3.8, 4) is 0 Å². The molecule has 3 nitrogen and oxygen atoms in total. The molecule has 0 saturated carbocycles. The highest BCUT2D eigenvalue weighted by Gasteiger charge is 2.40. The van der Waals surface area contributed by atoms with Gasteiger partial charge in [-0.05, 0) is 30.2 Å². The monoisotopic (exact) mass is 314 g/mol. The molecule has 0 spiro atoms. The van der Waals surface area contributed by atoms with Crippen molar-refractivity contribution in [2.45, 2.75) is 25.6 Å². The Labute approximate surface area is 135 Å². The van der Waals surface area contributed by atoms with Gasteiger partial charge in [0.25, 0.3) is 0 Å². The molecule has 3 rings (SSSR count). The van der Waals surface area contributed by atoms with Crippen molar-refractivity contribution in [3.05, 3.63) is 71.0 Å². The number of ether oxygens (including phenoxy) is 2. The Bertz CT molecular complexity index is 691. The molecule has 1 fully saturated rings. The van der Waals surface area contributed by atoms with Gasteiger partial charge in [0.1, 0.15) is 11.6 Å². The van der Waals surface area contributed by atoms with Gasteiger partial charge in [-0.2, -0.15) is 0 Å². The van der Waals surface area contributed by atoms with Crippen LogP contribution in [0.3, 0.4) is 0 Å². The van der Waals surface area contributed by atoms with Crippen LogP contribution >= 0.6 is 0 Å². The predicted molar refractivity (Wildman–Crippen MR) is 84.5 cm³/mol. The maximum atomic E-state index is 14.2. The minimum absolute atomic E-state index is 0.0270. The second-order valence-electron chi connectivity index (χ2n) is 5.80. The maximum absolute atomic E-state index is 14.2. The second kappa shape index (κ2) is 6.60. The summed E-state index contributed by atoms with van der Waals surface area (Å²) in [6.45, 7) is 2.36. The predicted octanol–water partition coefficient (Wildman–Crippen LogP) is 3.60. The van der Waals surface area contributed by atoms with E-state index < -0.39 is 5.79 Å². The Hall–Kier alpha value is -2.04. The van der Waals surface area contributed by atoms with Gasteiger partial charge in [-0.1, -0.05) is 36.4 Å². The lowest BCUT2D eigenvalue weighted by atomic mass is 9.95. The summed E-state index contributed by atoms with van der Waals surface area (Å²) in [7, 11) is 0. The number of rotatable bonds is 5. The molecule has 0 atom stereocenters. The van der Waals surface area contributed by atoms with Gasteiger partial charge in [0.2, 0.25) is 5.79 Å². The summed E-state index contributed by atoms with van der Waals surface area (Å²) in [6.07, 6.45) is 0.611. The van der Waals surface area contributed by atoms with Gasteiger partial charge in [-0.25, -0.2) is 4.39 Å². The van der Waals surface area contributed by atoms with E-state index in [1.807, 2.05) is 30.3 Å². The summed E-state index contributed by atoms with van der Waals surface area (Å²) in [6, 6.07) is 14.5. The first-order chi connectivity index (χ1) is 11.1. The average Bonchev–Trinajstić information content (AvgIpc) is 2.99. The van der Waals surface area contributed by atoms with Crippen molar-refractivity contribution in [1.82, 2.24) is 0 Å². The van der Waals surface area contributed by atoms with Crippen molar-refractivity contribution >= 4 is 5.78 Å². The zero-order chi connectivity index (χ0) is 16.3. The number of benzene rings is 2. The topological polar surface area (TPSA) is 35.5 Å². The van der Waals surface area contributed by atoms with E-state index in [0.717, 1.165) is 5.56 Å². The molecule has 120 valence electrons. The van der Waals surface area contributed by atoms with Crippen LogP contribution in [0.5, 0.6) is 0 Å². The molecule has 1 aliphatic rings. The Morgan fingerprint density at radius 1 is 1.13 bits per heavy atom. The van der Waals surface area contributed by atoms with Crippen LogP contribution in [0, 0.1) is 5.82 Å². The number of ketones is 1. The van der Waals surface area contributed by atoms with Gasteiger partial charge >= 0.3 is 0 Å². The van der Waals surface area contributed by atoms with E-state index in [-0.39, 0.29) is 18.0 Å². The normalized spacial score (nSPS) is 16.4. The Morgan fingerprint density at radius 3 is 2.48 bits per heavy atom. The molecule has 1 heterocycles. The fourth-order valence-corrected chi connectivity index (χ4v) is 2.92. The van der Waals surface area contributed by atoms with Crippen molar-refractivity contribution in [3.63, 3.8) is 0 Å². The molecule has 1 saturated heterocycles. The van der Waals surface area contributed by atoms with E-state index in [1.165, 1.54) is 13.0 Å². The summed E-state index contributed by atoms with van der Waals surface area (Å²) in [4.78, 5) is 11.6. The van der Waals surface area contributed by atoms with Crippen molar-refractivity contribution in [1.29, 1.82) is 0 Å². The van der Waals surface area contributed by atoms with Crippen LogP contribution in [-0.4, -0.2) is 19.0 Å². The quantitative estimate of drug-likeness (QED) is 0.846. The van der Waals surface area contributed by atoms with Gasteiger partial charge in [0.05, 0.1) is 19.6 Å². The summed E-state index contributed by atoms with van der Waals surface area (Å²) < 4.78 is 25.6. The molecule has 0 amide bonds. The highest BCUT2D eigenvalue weighted by atomic mass is 19.1. The molecule has 1 aliphatic heterocycles. The SMILES string of the molecule is CC(=O)CC1(c2ccc(F)c(Cc3ccccc3)c2)OCCO1. The van der Waals surface area contributed by atoms with Crippen molar-refractivity contribution in [2.24, 2.45) is 0 Å². The first kappa shape index (κ1) is 15.8. The number of hydrogen-bond donors (Lipinski definition) is 0. The molecular formula is C19H19FO3. The van der Waals surface area contributed by atoms with E-state index in [1.54, 1.807) is 12.1 Å². The summed E-state index contributed by atoms with van der Waals surface area (Å²) >= 11 is 0. The minimum atomic E-state index is -1.08. The van der Waals surface area contributed by atoms with Crippen LogP contribution in [0.15, 0.2) is 48.5 Å². The molecular weight excluding hydrogens is 295 g/mol. The molecule has 0 aromatic heterocycles. The lowest BCUT2D eigenvalue weighted by molar-refractivity contribution is -0.175. The van der Waals surface area contributed by atoms with E-state index in [4.69, 9.17) is 9.47 Å². The molecule has 2 aromatic rings. The van der Waals surface area contributed by atoms with E-state index in [0.29, 0.717) is 30.8 Å². The highest BCUT2D eigenvalue weighted by molar-refractivity contribution is 5.76. The molecule has 23 heavy (non-hydrogen) atoms. The summed E-state index contributed by atoms with van der Waals surface area (Å²) in [5, 5.41) is 0. The van der Waals surface area contributed by atoms with E-state index in [9.17, 15) is 9.18 Å². The number of Topliss-reactive ketones (excluding diaryl/α,β-unsaturated/α-hetero) is 1. The molecule has 0 bridgehead atoms. The van der Waals surface area contributed by atoms with Crippen molar-refractivity contribution < 1.29 is 18.7 Å². The number of carbonyl (C=O) groups is 1. The van der Waals surface area contributed by atoms with E-state index >= 15 is 0 Å². The highest BCUT2D eigenvalue weighted by Crippen LogP contribution is 2.36. The van der Waals surface area contributed by atoms with Gasteiger partial charge in [-0.3, -0.25) is 4.79 Å². The lowest BCUT2D eigenvalue weighted by Gasteiger charge is -2.27. The zero-order valence-corrected chi connectivity index (χ0v) is 13.0. The van der Waals surface area contributed by atoms with Gasteiger partial charge < -0.3 is 9.47 Å². The fraction of sp³-hybridized carbons (Fsp3) is 0.316. The zero-order valence-electron chi connectivity index (χ0n) is 13.0. The summed E-state index contributed by atoms with van der Waals surface area (Å²) in [5.41, 5.74) is 2.28. The third-order valence-corrected chi connectivity index (χ3v) is 3.96. The molecule has 0 N–H and O–H groups in total. The summed E-state index contributed by atoms with van der Waals surface area (Å²) in [5.74, 6) is -1.38. The fourth-order valence-electron chi connectivity index (χ4n) is 2.92. The largest absolute Gasteiger partial charge is 0.343 e. The van der Waals surface area contributed by atoms with Crippen LogP contribution in [0.1, 0.15) is 30.0 Å². The first-order valence-corrected chi connectivity index (χ1v) is 7.69. The smallest absolute Gasteiger partial charge is 0.202 e. The third-order valence-electron chi connectivity index (χ3n) is 3.96. The second-order valence-corrected chi connectivity index (χ2v) is 5.80. The Morgan fingerprint density at radius 2 is 1.83 bits per heavy atom. The maximum Gasteiger partial charge on any atom is 0.202 e. The molecule has 4 heteroatoms. The average molecular weight is 314 g/mol. The third kappa shape index (κ3) is 3.49. The number of carbonyl (C=O) groups excluding carboxylic acids is 1. The minimum Gasteiger partial charge on any atom is -0.343 e. The Balaban J connectivity index is 1.94. The number of halogens is 1. The van der Waals surface area contributed by atoms with Crippen LogP contribution in [-0.2, 0) is 26.5 Å². The molecule has 0 aliphatic carbocycles. The van der Waals surface area contributed by atoms with E-state index in [2.05, 4.69) is 0 Å². The van der Waals surface area contributed by atoms with Gasteiger partial charge in [0.15, 0.2) is 0 Å². The first-order valence-electron chi connectivity index (χ1n) is 7.69. The molecule has 0 unspecified atom stereocenters. The lowest BCUT2D eigenvalue weighted by Crippen LogP contribution is -2.30. The van der Waals surface area contributed by atoms with Crippen LogP contribution in [0.2, 0.25) is 0 Å².